The number of ketones is 1. The Kier molecular flexibility index (Phi) is 2.49. The molecule has 4 nitrogen and oxygen atoms in total. The second-order valence-corrected chi connectivity index (χ2v) is 8.68. The molecule has 1 unspecified atom stereocenters. The van der Waals surface area contributed by atoms with Gasteiger partial charge in [0.25, 0.3) is 0 Å². The lowest BCUT2D eigenvalue weighted by Crippen LogP contribution is -2.45. The predicted octanol–water partition coefficient (Wildman–Crippen LogP) is 0.838. The van der Waals surface area contributed by atoms with Gasteiger partial charge < -0.3 is 0 Å². The topological polar surface area (TPSA) is 77.2 Å². The Morgan fingerprint density at radius 1 is 1.60 bits per heavy atom. The molecule has 15 heavy (non-hydrogen) atoms. The molecule has 6 heteroatoms. The van der Waals surface area contributed by atoms with Crippen LogP contribution in [-0.2, 0) is 14.8 Å². The fourth-order valence-electron chi connectivity index (χ4n) is 3.09. The number of sulfonamides is 1. The Balaban J connectivity index is 2.45. The molecule has 0 aromatic rings. The van der Waals surface area contributed by atoms with Crippen molar-refractivity contribution in [3.8, 4) is 0 Å². The quantitative estimate of drug-likeness (QED) is 0.596. The zero-order valence-corrected chi connectivity index (χ0v) is 11.5. The molecule has 2 rings (SSSR count). The van der Waals surface area contributed by atoms with Gasteiger partial charge in [-0.15, -0.1) is 0 Å². The number of Topliss-reactive ketones (excluding diaryl/α,β-unsaturated/α-hetero) is 1. The van der Waals surface area contributed by atoms with Crippen molar-refractivity contribution in [3.63, 3.8) is 0 Å². The lowest BCUT2D eigenvalue weighted by Gasteiger charge is -2.33. The zero-order valence-electron chi connectivity index (χ0n) is 8.49. The minimum absolute atomic E-state index is 0.0877. The van der Waals surface area contributed by atoms with Gasteiger partial charge in [0.1, 0.15) is 5.78 Å². The SMILES string of the molecule is CC1(I)[C@H]2CC[C@]1(CS(N)(=O)=O)C(=O)C2. The summed E-state index contributed by atoms with van der Waals surface area (Å²) < 4.78 is 22.2. The molecule has 2 saturated carbocycles. The molecule has 0 aromatic carbocycles. The maximum atomic E-state index is 11.9. The largest absolute Gasteiger partial charge is 0.299 e. The van der Waals surface area contributed by atoms with Crippen LogP contribution in [0.1, 0.15) is 26.2 Å². The van der Waals surface area contributed by atoms with E-state index in [1.807, 2.05) is 6.92 Å². The number of hydrogen-bond acceptors (Lipinski definition) is 3. The van der Waals surface area contributed by atoms with E-state index < -0.39 is 15.4 Å². The molecule has 0 aromatic heterocycles. The average Bonchev–Trinajstić information content (AvgIpc) is 2.34. The third-order valence-corrected chi connectivity index (χ3v) is 6.84. The molecule has 0 amide bonds. The van der Waals surface area contributed by atoms with Gasteiger partial charge in [0, 0.05) is 9.84 Å². The lowest BCUT2D eigenvalue weighted by atomic mass is 9.81. The lowest BCUT2D eigenvalue weighted by molar-refractivity contribution is -0.126. The van der Waals surface area contributed by atoms with E-state index in [2.05, 4.69) is 22.6 Å². The molecule has 2 aliphatic carbocycles. The van der Waals surface area contributed by atoms with Crippen LogP contribution in [0.25, 0.3) is 0 Å². The van der Waals surface area contributed by atoms with Crippen molar-refractivity contribution < 1.29 is 13.2 Å². The van der Waals surface area contributed by atoms with Gasteiger partial charge in [-0.05, 0) is 25.7 Å². The Hall–Kier alpha value is 0.310. The highest BCUT2D eigenvalue weighted by molar-refractivity contribution is 14.1. The van der Waals surface area contributed by atoms with Crippen molar-refractivity contribution in [1.82, 2.24) is 0 Å². The van der Waals surface area contributed by atoms with E-state index in [1.165, 1.54) is 0 Å². The molecule has 0 radical (unpaired) electrons. The average molecular weight is 343 g/mol. The predicted molar refractivity (Wildman–Crippen MR) is 65.2 cm³/mol. The van der Waals surface area contributed by atoms with E-state index in [9.17, 15) is 13.2 Å². The van der Waals surface area contributed by atoms with E-state index >= 15 is 0 Å². The van der Waals surface area contributed by atoms with Crippen LogP contribution in [0.5, 0.6) is 0 Å². The van der Waals surface area contributed by atoms with Crippen LogP contribution in [0, 0.1) is 11.3 Å². The summed E-state index contributed by atoms with van der Waals surface area (Å²) >= 11 is 2.25. The van der Waals surface area contributed by atoms with Crippen molar-refractivity contribution in [2.45, 2.75) is 29.6 Å². The Morgan fingerprint density at radius 3 is 2.53 bits per heavy atom. The maximum Gasteiger partial charge on any atom is 0.210 e. The van der Waals surface area contributed by atoms with E-state index in [0.29, 0.717) is 18.8 Å². The highest BCUT2D eigenvalue weighted by Gasteiger charge is 2.66. The van der Waals surface area contributed by atoms with Gasteiger partial charge in [-0.3, -0.25) is 4.79 Å². The van der Waals surface area contributed by atoms with E-state index in [1.54, 1.807) is 0 Å². The van der Waals surface area contributed by atoms with Crippen molar-refractivity contribution in [2.75, 3.05) is 5.75 Å². The molecule has 0 heterocycles. The first-order valence-corrected chi connectivity index (χ1v) is 7.71. The Labute approximate surface area is 103 Å². The number of fused-ring (bicyclic) bond motifs is 2. The molecular formula is C9H14INO3S. The molecule has 2 N–H and O–H groups in total. The first kappa shape index (κ1) is 11.8. The monoisotopic (exact) mass is 343 g/mol. The summed E-state index contributed by atoms with van der Waals surface area (Å²) in [6.45, 7) is 1.99. The van der Waals surface area contributed by atoms with Crippen LogP contribution in [0.4, 0.5) is 0 Å². The molecule has 86 valence electrons. The Morgan fingerprint density at radius 2 is 2.20 bits per heavy atom. The van der Waals surface area contributed by atoms with Crippen LogP contribution >= 0.6 is 22.6 Å². The van der Waals surface area contributed by atoms with Crippen LogP contribution in [0.15, 0.2) is 0 Å². The van der Waals surface area contributed by atoms with Crippen LogP contribution in [0.3, 0.4) is 0 Å². The number of rotatable bonds is 2. The standard InChI is InChI=1S/C9H14INO3S/c1-8(10)6-2-3-9(8,7(12)4-6)5-15(11,13)14/h6H,2-5H2,1H3,(H2,11,13,14)/t6-,8?,9-/m0/s1. The summed E-state index contributed by atoms with van der Waals surface area (Å²) in [7, 11) is -3.58. The van der Waals surface area contributed by atoms with Gasteiger partial charge in [-0.1, -0.05) is 22.6 Å². The summed E-state index contributed by atoms with van der Waals surface area (Å²) in [5.74, 6) is 0.228. The van der Waals surface area contributed by atoms with Gasteiger partial charge in [-0.25, -0.2) is 13.6 Å². The number of nitrogens with two attached hydrogens (primary N) is 1. The fourth-order valence-corrected chi connectivity index (χ4v) is 5.93. The zero-order chi connectivity index (χ0) is 11.5. The molecule has 0 saturated heterocycles. The minimum atomic E-state index is -3.58. The van der Waals surface area contributed by atoms with Crippen LogP contribution in [-0.4, -0.2) is 23.4 Å². The Bertz CT molecular complexity index is 417. The summed E-state index contributed by atoms with van der Waals surface area (Å²) in [4.78, 5) is 11.9. The van der Waals surface area contributed by atoms with E-state index in [4.69, 9.17) is 5.14 Å². The molecule has 3 atom stereocenters. The van der Waals surface area contributed by atoms with Crippen molar-refractivity contribution in [1.29, 1.82) is 0 Å². The fraction of sp³-hybridized carbons (Fsp3) is 0.889. The number of carbonyl (C=O) groups is 1. The maximum absolute atomic E-state index is 11.9. The number of primary sulfonamides is 1. The molecule has 2 fully saturated rings. The smallest absolute Gasteiger partial charge is 0.210 e. The number of hydrogen-bond donors (Lipinski definition) is 1. The molecule has 2 bridgehead atoms. The van der Waals surface area contributed by atoms with Gasteiger partial charge in [-0.2, -0.15) is 0 Å². The van der Waals surface area contributed by atoms with Gasteiger partial charge in [0.15, 0.2) is 0 Å². The molecule has 0 aliphatic heterocycles. The first-order valence-electron chi connectivity index (χ1n) is 4.92. The van der Waals surface area contributed by atoms with Gasteiger partial charge in [0.2, 0.25) is 10.0 Å². The summed E-state index contributed by atoms with van der Waals surface area (Å²) in [5.41, 5.74) is -0.716. The third-order valence-electron chi connectivity index (χ3n) is 4.04. The van der Waals surface area contributed by atoms with E-state index in [-0.39, 0.29) is 15.0 Å². The highest BCUT2D eigenvalue weighted by Crippen LogP contribution is 2.63. The van der Waals surface area contributed by atoms with Crippen molar-refractivity contribution in [2.24, 2.45) is 16.5 Å². The normalized spacial score (nSPS) is 45.0. The summed E-state index contributed by atoms with van der Waals surface area (Å²) in [6, 6.07) is 0. The van der Waals surface area contributed by atoms with Gasteiger partial charge in [0.05, 0.1) is 11.2 Å². The second kappa shape index (κ2) is 3.16. The first-order chi connectivity index (χ1) is 6.69. The van der Waals surface area contributed by atoms with E-state index in [0.717, 1.165) is 6.42 Å². The molecule has 0 spiro atoms. The summed E-state index contributed by atoms with van der Waals surface area (Å²) in [6.07, 6.45) is 2.14. The summed E-state index contributed by atoms with van der Waals surface area (Å²) in [5, 5.41) is 5.09. The number of halogens is 1. The molecule has 2 aliphatic rings. The number of carbonyl (C=O) groups excluding carboxylic acids is 1. The van der Waals surface area contributed by atoms with Gasteiger partial charge >= 0.3 is 0 Å². The van der Waals surface area contributed by atoms with Crippen LogP contribution in [0.2, 0.25) is 0 Å². The third kappa shape index (κ3) is 1.56. The second-order valence-electron chi connectivity index (χ2n) is 4.83. The highest BCUT2D eigenvalue weighted by atomic mass is 127. The van der Waals surface area contributed by atoms with Crippen LogP contribution < -0.4 is 5.14 Å². The molecular weight excluding hydrogens is 329 g/mol. The minimum Gasteiger partial charge on any atom is -0.299 e. The number of alkyl halides is 1. The van der Waals surface area contributed by atoms with Crippen molar-refractivity contribution in [3.05, 3.63) is 0 Å². The van der Waals surface area contributed by atoms with Crippen molar-refractivity contribution >= 4 is 38.4 Å².